The Morgan fingerprint density at radius 1 is 1.25 bits per heavy atom. The third kappa shape index (κ3) is 2.77. The zero-order valence-corrected chi connectivity index (χ0v) is 11.5. The van der Waals surface area contributed by atoms with Gasteiger partial charge in [0.25, 0.3) is 5.89 Å². The molecule has 0 radical (unpaired) electrons. The third-order valence-corrected chi connectivity index (χ3v) is 3.32. The van der Waals surface area contributed by atoms with Gasteiger partial charge in [0.2, 0.25) is 0 Å². The van der Waals surface area contributed by atoms with Crippen LogP contribution < -0.4 is 10.2 Å². The third-order valence-electron chi connectivity index (χ3n) is 3.32. The van der Waals surface area contributed by atoms with Gasteiger partial charge in [-0.05, 0) is 25.1 Å². The molecule has 1 fully saturated rings. The second kappa shape index (κ2) is 5.96. The molecule has 3 heterocycles. The summed E-state index contributed by atoms with van der Waals surface area (Å²) in [5.41, 5.74) is 0.619. The van der Waals surface area contributed by atoms with E-state index in [-0.39, 0.29) is 0 Å². The van der Waals surface area contributed by atoms with Crippen molar-refractivity contribution in [1.82, 2.24) is 25.7 Å². The maximum atomic E-state index is 5.16. The van der Waals surface area contributed by atoms with Gasteiger partial charge in [0.1, 0.15) is 0 Å². The van der Waals surface area contributed by atoms with Crippen molar-refractivity contribution in [3.8, 4) is 11.6 Å². The zero-order chi connectivity index (χ0) is 13.8. The molecule has 1 aliphatic rings. The lowest BCUT2D eigenvalue weighted by molar-refractivity contribution is 0.421. The van der Waals surface area contributed by atoms with E-state index in [1.165, 1.54) is 0 Å². The molecule has 7 nitrogen and oxygen atoms in total. The lowest BCUT2D eigenvalue weighted by atomic mass is 10.3. The van der Waals surface area contributed by atoms with E-state index in [1.54, 1.807) is 0 Å². The molecule has 0 unspecified atom stereocenters. The molecule has 0 aliphatic carbocycles. The van der Waals surface area contributed by atoms with Crippen LogP contribution in [0.1, 0.15) is 19.2 Å². The number of anilines is 1. The monoisotopic (exact) mass is 274 g/mol. The van der Waals surface area contributed by atoms with Crippen LogP contribution in [0.4, 0.5) is 5.82 Å². The predicted octanol–water partition coefficient (Wildman–Crippen LogP) is 0.889. The van der Waals surface area contributed by atoms with Crippen molar-refractivity contribution >= 4 is 5.82 Å². The standard InChI is InChI=1S/C13H18N6O/c1-2-11-15-13(20-18-11)10-4-5-12(17-16-10)19-8-3-6-14-7-9-19/h4-5,14H,2-3,6-9H2,1H3. The van der Waals surface area contributed by atoms with Gasteiger partial charge in [0, 0.05) is 26.1 Å². The molecule has 0 saturated carbocycles. The maximum absolute atomic E-state index is 5.16. The Morgan fingerprint density at radius 3 is 2.95 bits per heavy atom. The Bertz CT molecular complexity index is 544. The van der Waals surface area contributed by atoms with Gasteiger partial charge in [-0.3, -0.25) is 0 Å². The summed E-state index contributed by atoms with van der Waals surface area (Å²) in [6, 6.07) is 3.84. The molecule has 0 spiro atoms. The highest BCUT2D eigenvalue weighted by Gasteiger charge is 2.13. The molecule has 2 aromatic heterocycles. The summed E-state index contributed by atoms with van der Waals surface area (Å²) < 4.78 is 5.16. The van der Waals surface area contributed by atoms with Crippen molar-refractivity contribution < 1.29 is 4.52 Å². The van der Waals surface area contributed by atoms with Gasteiger partial charge in [-0.15, -0.1) is 10.2 Å². The Kier molecular flexibility index (Phi) is 3.87. The van der Waals surface area contributed by atoms with E-state index in [1.807, 2.05) is 19.1 Å². The van der Waals surface area contributed by atoms with Crippen molar-refractivity contribution in [2.75, 3.05) is 31.1 Å². The first kappa shape index (κ1) is 13.0. The normalized spacial score (nSPS) is 16.1. The molecule has 3 rings (SSSR count). The molecule has 1 saturated heterocycles. The molecule has 0 aromatic carbocycles. The summed E-state index contributed by atoms with van der Waals surface area (Å²) in [5.74, 6) is 2.01. The van der Waals surface area contributed by atoms with Gasteiger partial charge >= 0.3 is 0 Å². The van der Waals surface area contributed by atoms with Crippen molar-refractivity contribution in [1.29, 1.82) is 0 Å². The fraction of sp³-hybridized carbons (Fsp3) is 0.538. The van der Waals surface area contributed by atoms with Crippen LogP contribution in [0.25, 0.3) is 11.6 Å². The highest BCUT2D eigenvalue weighted by Crippen LogP contribution is 2.17. The lowest BCUT2D eigenvalue weighted by Gasteiger charge is -2.20. The first-order chi connectivity index (χ1) is 9.86. The highest BCUT2D eigenvalue weighted by atomic mass is 16.5. The fourth-order valence-corrected chi connectivity index (χ4v) is 2.18. The molecule has 0 bridgehead atoms. The smallest absolute Gasteiger partial charge is 0.278 e. The SMILES string of the molecule is CCc1noc(-c2ccc(N3CCCNCC3)nn2)n1. The van der Waals surface area contributed by atoms with Crippen LogP contribution >= 0.6 is 0 Å². The minimum absolute atomic E-state index is 0.429. The number of aryl methyl sites for hydroxylation is 1. The van der Waals surface area contributed by atoms with E-state index in [0.717, 1.165) is 44.8 Å². The Labute approximate surface area is 117 Å². The van der Waals surface area contributed by atoms with E-state index in [4.69, 9.17) is 4.52 Å². The maximum Gasteiger partial charge on any atom is 0.278 e. The minimum atomic E-state index is 0.429. The van der Waals surface area contributed by atoms with Crippen LogP contribution in [0, 0.1) is 0 Å². The minimum Gasteiger partial charge on any atom is -0.354 e. The average molecular weight is 274 g/mol. The van der Waals surface area contributed by atoms with Gasteiger partial charge in [-0.2, -0.15) is 4.98 Å². The molecule has 2 aromatic rings. The van der Waals surface area contributed by atoms with Crippen molar-refractivity contribution in [3.05, 3.63) is 18.0 Å². The van der Waals surface area contributed by atoms with Crippen LogP contribution in [-0.2, 0) is 6.42 Å². The first-order valence-electron chi connectivity index (χ1n) is 6.99. The van der Waals surface area contributed by atoms with Gasteiger partial charge in [-0.1, -0.05) is 12.1 Å². The molecule has 1 N–H and O–H groups in total. The Balaban J connectivity index is 1.76. The van der Waals surface area contributed by atoms with Gasteiger partial charge in [0.15, 0.2) is 17.3 Å². The molecular formula is C13H18N6O. The summed E-state index contributed by atoms with van der Waals surface area (Å²) in [6.45, 7) is 5.98. The second-order valence-electron chi connectivity index (χ2n) is 4.74. The van der Waals surface area contributed by atoms with Gasteiger partial charge in [0.05, 0.1) is 0 Å². The van der Waals surface area contributed by atoms with E-state index >= 15 is 0 Å². The molecule has 20 heavy (non-hydrogen) atoms. The van der Waals surface area contributed by atoms with E-state index in [2.05, 4.69) is 30.6 Å². The van der Waals surface area contributed by atoms with Crippen LogP contribution in [-0.4, -0.2) is 46.5 Å². The van der Waals surface area contributed by atoms with Crippen LogP contribution in [0.2, 0.25) is 0 Å². The largest absolute Gasteiger partial charge is 0.354 e. The van der Waals surface area contributed by atoms with E-state index in [0.29, 0.717) is 17.4 Å². The summed E-state index contributed by atoms with van der Waals surface area (Å²) in [4.78, 5) is 6.49. The van der Waals surface area contributed by atoms with Crippen LogP contribution in [0.5, 0.6) is 0 Å². The Morgan fingerprint density at radius 2 is 2.20 bits per heavy atom. The van der Waals surface area contributed by atoms with Crippen molar-refractivity contribution in [2.24, 2.45) is 0 Å². The van der Waals surface area contributed by atoms with E-state index < -0.39 is 0 Å². The van der Waals surface area contributed by atoms with E-state index in [9.17, 15) is 0 Å². The van der Waals surface area contributed by atoms with Gasteiger partial charge in [-0.25, -0.2) is 0 Å². The fourth-order valence-electron chi connectivity index (χ4n) is 2.18. The number of hydrogen-bond acceptors (Lipinski definition) is 7. The summed E-state index contributed by atoms with van der Waals surface area (Å²) >= 11 is 0. The predicted molar refractivity (Wildman–Crippen MR) is 74.4 cm³/mol. The molecule has 106 valence electrons. The van der Waals surface area contributed by atoms with Crippen molar-refractivity contribution in [2.45, 2.75) is 19.8 Å². The molecular weight excluding hydrogens is 256 g/mol. The summed E-state index contributed by atoms with van der Waals surface area (Å²) in [6.07, 6.45) is 1.86. The molecule has 7 heteroatoms. The Hall–Kier alpha value is -2.02. The summed E-state index contributed by atoms with van der Waals surface area (Å²) in [5, 5.41) is 15.7. The number of nitrogens with one attached hydrogen (secondary N) is 1. The second-order valence-corrected chi connectivity index (χ2v) is 4.74. The molecule has 0 amide bonds. The topological polar surface area (TPSA) is 80.0 Å². The number of nitrogens with zero attached hydrogens (tertiary/aromatic N) is 5. The van der Waals surface area contributed by atoms with Crippen LogP contribution in [0.3, 0.4) is 0 Å². The van der Waals surface area contributed by atoms with Crippen molar-refractivity contribution in [3.63, 3.8) is 0 Å². The molecule has 0 atom stereocenters. The summed E-state index contributed by atoms with van der Waals surface area (Å²) in [7, 11) is 0. The quantitative estimate of drug-likeness (QED) is 0.890. The van der Waals surface area contributed by atoms with Gasteiger partial charge < -0.3 is 14.7 Å². The average Bonchev–Trinajstić information content (AvgIpc) is 2.82. The zero-order valence-electron chi connectivity index (χ0n) is 11.5. The molecule has 1 aliphatic heterocycles. The van der Waals surface area contributed by atoms with Crippen LogP contribution in [0.15, 0.2) is 16.7 Å². The number of aromatic nitrogens is 4. The number of rotatable bonds is 3. The highest BCUT2D eigenvalue weighted by molar-refractivity contribution is 5.49. The number of hydrogen-bond donors (Lipinski definition) is 1. The first-order valence-corrected chi connectivity index (χ1v) is 6.99. The lowest BCUT2D eigenvalue weighted by Crippen LogP contribution is -2.28.